The molecule has 0 saturated heterocycles. The second-order valence-corrected chi connectivity index (χ2v) is 4.00. The topological polar surface area (TPSA) is 103 Å². The number of aromatic nitrogens is 3. The van der Waals surface area contributed by atoms with Gasteiger partial charge in [0.1, 0.15) is 12.9 Å². The Morgan fingerprint density at radius 2 is 2.30 bits per heavy atom. The standard InChI is InChI=1S/C12H14N4O4/c1-2-15-12(13-8-14-15)7-20-11-5-9(6-17)3-4-10(11)16(18)19/h3-5,8,17H,2,6-7H2,1H3. The molecule has 8 nitrogen and oxygen atoms in total. The Bertz CT molecular complexity index is 611. The fraction of sp³-hybridized carbons (Fsp3) is 0.333. The van der Waals surface area contributed by atoms with Crippen molar-refractivity contribution in [2.24, 2.45) is 0 Å². The van der Waals surface area contributed by atoms with Crippen LogP contribution in [0.1, 0.15) is 18.3 Å². The van der Waals surface area contributed by atoms with Gasteiger partial charge in [-0.05, 0) is 24.6 Å². The van der Waals surface area contributed by atoms with Gasteiger partial charge in [0.05, 0.1) is 11.5 Å². The van der Waals surface area contributed by atoms with Crippen LogP contribution < -0.4 is 4.74 Å². The molecule has 0 aliphatic heterocycles. The van der Waals surface area contributed by atoms with Gasteiger partial charge in [0.2, 0.25) is 0 Å². The lowest BCUT2D eigenvalue weighted by atomic mass is 10.2. The summed E-state index contributed by atoms with van der Waals surface area (Å²) in [5, 5.41) is 24.0. The Labute approximate surface area is 114 Å². The molecule has 0 spiro atoms. The van der Waals surface area contributed by atoms with Gasteiger partial charge >= 0.3 is 5.69 Å². The molecule has 0 aliphatic carbocycles. The number of aryl methyl sites for hydroxylation is 1. The molecule has 20 heavy (non-hydrogen) atoms. The van der Waals surface area contributed by atoms with E-state index in [4.69, 9.17) is 9.84 Å². The van der Waals surface area contributed by atoms with Gasteiger partial charge in [-0.1, -0.05) is 0 Å². The predicted octanol–water partition coefficient (Wildman–Crippen LogP) is 1.28. The summed E-state index contributed by atoms with van der Waals surface area (Å²) < 4.78 is 7.09. The van der Waals surface area contributed by atoms with Gasteiger partial charge < -0.3 is 9.84 Å². The molecule has 0 aliphatic rings. The van der Waals surface area contributed by atoms with Gasteiger partial charge in [-0.3, -0.25) is 10.1 Å². The largest absolute Gasteiger partial charge is 0.479 e. The lowest BCUT2D eigenvalue weighted by Crippen LogP contribution is -2.08. The maximum Gasteiger partial charge on any atom is 0.310 e. The first kappa shape index (κ1) is 13.9. The zero-order chi connectivity index (χ0) is 14.5. The molecule has 1 heterocycles. The van der Waals surface area contributed by atoms with Crippen LogP contribution in [0, 0.1) is 10.1 Å². The van der Waals surface area contributed by atoms with Crippen molar-refractivity contribution in [3.8, 4) is 5.75 Å². The van der Waals surface area contributed by atoms with Crippen LogP contribution in [0.3, 0.4) is 0 Å². The number of ether oxygens (including phenoxy) is 1. The fourth-order valence-electron chi connectivity index (χ4n) is 1.73. The summed E-state index contributed by atoms with van der Waals surface area (Å²) in [7, 11) is 0. The molecule has 8 heteroatoms. The highest BCUT2D eigenvalue weighted by atomic mass is 16.6. The van der Waals surface area contributed by atoms with Crippen molar-refractivity contribution in [3.63, 3.8) is 0 Å². The Morgan fingerprint density at radius 1 is 1.50 bits per heavy atom. The molecule has 2 rings (SSSR count). The second-order valence-electron chi connectivity index (χ2n) is 4.00. The molecule has 0 unspecified atom stereocenters. The van der Waals surface area contributed by atoms with E-state index in [1.165, 1.54) is 24.5 Å². The highest BCUT2D eigenvalue weighted by Gasteiger charge is 2.16. The molecule has 2 aromatic rings. The van der Waals surface area contributed by atoms with Crippen LogP contribution in [0.25, 0.3) is 0 Å². The van der Waals surface area contributed by atoms with Crippen molar-refractivity contribution >= 4 is 5.69 Å². The van der Waals surface area contributed by atoms with Crippen molar-refractivity contribution in [1.29, 1.82) is 0 Å². The van der Waals surface area contributed by atoms with Crippen LogP contribution >= 0.6 is 0 Å². The zero-order valence-corrected chi connectivity index (χ0v) is 10.9. The van der Waals surface area contributed by atoms with E-state index in [0.717, 1.165) is 0 Å². The number of benzene rings is 1. The molecule has 1 N–H and O–H groups in total. The quantitative estimate of drug-likeness (QED) is 0.630. The van der Waals surface area contributed by atoms with Crippen molar-refractivity contribution < 1.29 is 14.8 Å². The summed E-state index contributed by atoms with van der Waals surface area (Å²) in [6.07, 6.45) is 1.40. The molecule has 0 radical (unpaired) electrons. The third-order valence-electron chi connectivity index (χ3n) is 2.76. The summed E-state index contributed by atoms with van der Waals surface area (Å²) in [5.41, 5.74) is 0.396. The maximum atomic E-state index is 10.9. The molecule has 106 valence electrons. The van der Waals surface area contributed by atoms with Crippen molar-refractivity contribution in [1.82, 2.24) is 14.8 Å². The van der Waals surface area contributed by atoms with Gasteiger partial charge in [-0.2, -0.15) is 5.10 Å². The van der Waals surface area contributed by atoms with Gasteiger partial charge in [0, 0.05) is 12.6 Å². The smallest absolute Gasteiger partial charge is 0.310 e. The minimum absolute atomic E-state index is 0.0730. The van der Waals surface area contributed by atoms with E-state index in [-0.39, 0.29) is 24.7 Å². The van der Waals surface area contributed by atoms with E-state index in [2.05, 4.69) is 10.1 Å². The molecule has 0 atom stereocenters. The van der Waals surface area contributed by atoms with Crippen LogP contribution in [0.2, 0.25) is 0 Å². The average Bonchev–Trinajstić information content (AvgIpc) is 2.91. The molecule has 0 bridgehead atoms. The number of rotatable bonds is 6. The zero-order valence-electron chi connectivity index (χ0n) is 10.9. The van der Waals surface area contributed by atoms with Crippen LogP contribution in [-0.2, 0) is 19.8 Å². The summed E-state index contributed by atoms with van der Waals surface area (Å²) in [5.74, 6) is 0.684. The molecular formula is C12H14N4O4. The van der Waals surface area contributed by atoms with E-state index >= 15 is 0 Å². The average molecular weight is 278 g/mol. The van der Waals surface area contributed by atoms with Gasteiger partial charge in [-0.25, -0.2) is 9.67 Å². The highest BCUT2D eigenvalue weighted by Crippen LogP contribution is 2.28. The van der Waals surface area contributed by atoms with Gasteiger partial charge in [0.15, 0.2) is 11.6 Å². The van der Waals surface area contributed by atoms with Crippen LogP contribution in [0.4, 0.5) is 5.69 Å². The maximum absolute atomic E-state index is 10.9. The van der Waals surface area contributed by atoms with E-state index in [0.29, 0.717) is 17.9 Å². The molecule has 1 aromatic carbocycles. The van der Waals surface area contributed by atoms with Crippen LogP contribution in [0.5, 0.6) is 5.75 Å². The summed E-state index contributed by atoms with van der Waals surface area (Å²) >= 11 is 0. The first-order valence-electron chi connectivity index (χ1n) is 6.03. The Hall–Kier alpha value is -2.48. The van der Waals surface area contributed by atoms with E-state index in [9.17, 15) is 10.1 Å². The fourth-order valence-corrected chi connectivity index (χ4v) is 1.73. The van der Waals surface area contributed by atoms with Crippen molar-refractivity contribution in [2.45, 2.75) is 26.7 Å². The number of nitro benzene ring substituents is 1. The number of nitrogens with zero attached hydrogens (tertiary/aromatic N) is 4. The molecular weight excluding hydrogens is 264 g/mol. The third-order valence-corrected chi connectivity index (χ3v) is 2.76. The number of aliphatic hydroxyl groups is 1. The Balaban J connectivity index is 2.21. The molecule has 0 saturated carbocycles. The van der Waals surface area contributed by atoms with Crippen LogP contribution in [-0.4, -0.2) is 24.8 Å². The Morgan fingerprint density at radius 3 is 2.95 bits per heavy atom. The first-order chi connectivity index (χ1) is 9.65. The monoisotopic (exact) mass is 278 g/mol. The lowest BCUT2D eigenvalue weighted by molar-refractivity contribution is -0.386. The number of nitro groups is 1. The third kappa shape index (κ3) is 2.91. The number of hydrogen-bond acceptors (Lipinski definition) is 6. The lowest BCUT2D eigenvalue weighted by Gasteiger charge is -2.08. The summed E-state index contributed by atoms with van der Waals surface area (Å²) in [4.78, 5) is 14.4. The van der Waals surface area contributed by atoms with E-state index in [1.54, 1.807) is 4.68 Å². The van der Waals surface area contributed by atoms with Crippen molar-refractivity contribution in [3.05, 3.63) is 46.0 Å². The van der Waals surface area contributed by atoms with Gasteiger partial charge in [0.25, 0.3) is 0 Å². The van der Waals surface area contributed by atoms with E-state index in [1.807, 2.05) is 6.92 Å². The number of hydrogen-bond donors (Lipinski definition) is 1. The van der Waals surface area contributed by atoms with Gasteiger partial charge in [-0.15, -0.1) is 0 Å². The minimum atomic E-state index is -0.527. The molecule has 0 fully saturated rings. The highest BCUT2D eigenvalue weighted by molar-refractivity contribution is 5.48. The van der Waals surface area contributed by atoms with Crippen LogP contribution in [0.15, 0.2) is 24.5 Å². The summed E-state index contributed by atoms with van der Waals surface area (Å²) in [6.45, 7) is 2.41. The minimum Gasteiger partial charge on any atom is -0.479 e. The normalized spacial score (nSPS) is 10.5. The Kier molecular flexibility index (Phi) is 4.26. The first-order valence-corrected chi connectivity index (χ1v) is 6.03. The molecule has 0 amide bonds. The molecule has 1 aromatic heterocycles. The predicted molar refractivity (Wildman–Crippen MR) is 69.0 cm³/mol. The SMILES string of the molecule is CCn1ncnc1COc1cc(CO)ccc1[N+](=O)[O-]. The second kappa shape index (κ2) is 6.11. The van der Waals surface area contributed by atoms with Crippen molar-refractivity contribution in [2.75, 3.05) is 0 Å². The summed E-state index contributed by atoms with van der Waals surface area (Å²) in [6, 6.07) is 4.25. The number of aliphatic hydroxyl groups excluding tert-OH is 1. The van der Waals surface area contributed by atoms with E-state index < -0.39 is 4.92 Å².